The van der Waals surface area contributed by atoms with E-state index in [2.05, 4.69) is 38.8 Å². The molecule has 3 fully saturated rings. The van der Waals surface area contributed by atoms with Crippen LogP contribution in [-0.2, 0) is 17.8 Å². The van der Waals surface area contributed by atoms with Crippen LogP contribution in [0, 0.1) is 12.3 Å². The SMILES string of the molecule is C#Cc1cc(C[C@@H](NC(=O)N2CCC(N3Cc4cscc4NC3=O)CC2)C(=O)N2CCC(N3CCCN(C)CC3)CC2)cc(Cl)c1N. The number of carbonyl (C=O) groups excluding carboxylic acids is 3. The van der Waals surface area contributed by atoms with Crippen molar-refractivity contribution in [1.82, 2.24) is 29.8 Å². The molecule has 0 radical (unpaired) electrons. The highest BCUT2D eigenvalue weighted by Crippen LogP contribution is 2.31. The molecule has 13 heteroatoms. The number of hydrogen-bond donors (Lipinski definition) is 3. The molecule has 1 atom stereocenters. The van der Waals surface area contributed by atoms with Gasteiger partial charge < -0.3 is 36.0 Å². The molecule has 0 unspecified atom stereocenters. The number of carbonyl (C=O) groups is 3. The van der Waals surface area contributed by atoms with Gasteiger partial charge in [0, 0.05) is 74.3 Å². The fourth-order valence-corrected chi connectivity index (χ4v) is 8.39. The summed E-state index contributed by atoms with van der Waals surface area (Å²) in [5.74, 6) is 2.47. The molecule has 0 spiro atoms. The molecule has 11 nitrogen and oxygen atoms in total. The van der Waals surface area contributed by atoms with E-state index >= 15 is 0 Å². The zero-order valence-electron chi connectivity index (χ0n) is 27.0. The smallest absolute Gasteiger partial charge is 0.322 e. The van der Waals surface area contributed by atoms with E-state index < -0.39 is 6.04 Å². The summed E-state index contributed by atoms with van der Waals surface area (Å²) >= 11 is 7.99. The highest BCUT2D eigenvalue weighted by atomic mass is 35.5. The number of piperidine rings is 2. The van der Waals surface area contributed by atoms with Gasteiger partial charge in [-0.05, 0) is 75.3 Å². The Morgan fingerprint density at radius 1 is 1.04 bits per heavy atom. The average molecular weight is 681 g/mol. The molecule has 0 bridgehead atoms. The highest BCUT2D eigenvalue weighted by molar-refractivity contribution is 7.08. The molecule has 0 saturated carbocycles. The number of nitrogens with one attached hydrogen (secondary N) is 2. The summed E-state index contributed by atoms with van der Waals surface area (Å²) in [6.07, 6.45) is 10.2. The fraction of sp³-hybridized carbons (Fsp3) is 0.559. The second kappa shape index (κ2) is 14.7. The van der Waals surface area contributed by atoms with Crippen LogP contribution in [0.5, 0.6) is 0 Å². The molecule has 5 heterocycles. The van der Waals surface area contributed by atoms with Crippen LogP contribution >= 0.6 is 22.9 Å². The van der Waals surface area contributed by atoms with Crippen molar-refractivity contribution >= 4 is 52.3 Å². The Morgan fingerprint density at radius 3 is 2.51 bits per heavy atom. The quantitative estimate of drug-likeness (QED) is 0.316. The fourth-order valence-electron chi connectivity index (χ4n) is 7.36. The van der Waals surface area contributed by atoms with E-state index in [1.54, 1.807) is 28.4 Å². The normalized spacial score (nSPS) is 21.0. The first-order valence-corrected chi connectivity index (χ1v) is 18.0. The summed E-state index contributed by atoms with van der Waals surface area (Å²) in [5.41, 5.74) is 9.61. The van der Waals surface area contributed by atoms with Crippen molar-refractivity contribution in [3.63, 3.8) is 0 Å². The number of halogens is 1. The number of nitrogen functional groups attached to an aromatic ring is 1. The van der Waals surface area contributed by atoms with E-state index in [1.807, 2.05) is 15.2 Å². The first-order valence-electron chi connectivity index (χ1n) is 16.6. The first-order chi connectivity index (χ1) is 22.7. The number of urea groups is 2. The number of nitrogens with zero attached hydrogens (tertiary/aromatic N) is 5. The molecule has 4 N–H and O–H groups in total. The van der Waals surface area contributed by atoms with Gasteiger partial charge in [-0.1, -0.05) is 17.5 Å². The van der Waals surface area contributed by atoms with Crippen molar-refractivity contribution in [1.29, 1.82) is 0 Å². The van der Waals surface area contributed by atoms with Gasteiger partial charge >= 0.3 is 12.1 Å². The largest absolute Gasteiger partial charge is 0.397 e. The zero-order chi connectivity index (χ0) is 33.1. The summed E-state index contributed by atoms with van der Waals surface area (Å²) < 4.78 is 0. The van der Waals surface area contributed by atoms with Crippen LogP contribution in [0.15, 0.2) is 22.9 Å². The van der Waals surface area contributed by atoms with Crippen LogP contribution in [-0.4, -0.2) is 120 Å². The third-order valence-electron chi connectivity index (χ3n) is 10.2. The van der Waals surface area contributed by atoms with Crippen molar-refractivity contribution in [2.75, 3.05) is 70.5 Å². The summed E-state index contributed by atoms with van der Waals surface area (Å²) in [7, 11) is 2.18. The lowest BCUT2D eigenvalue weighted by Gasteiger charge is -2.41. The van der Waals surface area contributed by atoms with Gasteiger partial charge in [-0.15, -0.1) is 17.8 Å². The summed E-state index contributed by atoms with van der Waals surface area (Å²) in [6, 6.07) is 2.82. The number of amides is 5. The van der Waals surface area contributed by atoms with Gasteiger partial charge in [-0.3, -0.25) is 9.69 Å². The number of fused-ring (bicyclic) bond motifs is 1. The molecule has 252 valence electrons. The third-order valence-corrected chi connectivity index (χ3v) is 11.3. The number of likely N-dealkylation sites (N-methyl/N-ethyl adjacent to an activating group) is 1. The number of terminal acetylenes is 1. The minimum Gasteiger partial charge on any atom is -0.397 e. The Morgan fingerprint density at radius 2 is 1.77 bits per heavy atom. The van der Waals surface area contributed by atoms with Crippen LogP contribution in [0.1, 0.15) is 48.8 Å². The molecule has 4 aliphatic rings. The Kier molecular flexibility index (Phi) is 10.5. The molecule has 2 aromatic rings. The van der Waals surface area contributed by atoms with Crippen molar-refractivity contribution in [3.05, 3.63) is 44.6 Å². The molecule has 3 saturated heterocycles. The van der Waals surface area contributed by atoms with E-state index in [9.17, 15) is 14.4 Å². The van der Waals surface area contributed by atoms with Crippen LogP contribution < -0.4 is 16.4 Å². The number of anilines is 2. The Hall–Kier alpha value is -3.50. The maximum atomic E-state index is 14.1. The molecule has 1 aromatic carbocycles. The van der Waals surface area contributed by atoms with E-state index in [-0.39, 0.29) is 30.4 Å². The Labute approximate surface area is 286 Å². The predicted octanol–water partition coefficient (Wildman–Crippen LogP) is 3.73. The number of rotatable bonds is 6. The Bertz CT molecular complexity index is 1510. The number of benzene rings is 1. The summed E-state index contributed by atoms with van der Waals surface area (Å²) in [4.78, 5) is 51.1. The second-order valence-corrected chi connectivity index (χ2v) is 14.4. The molecule has 47 heavy (non-hydrogen) atoms. The maximum absolute atomic E-state index is 14.1. The Balaban J connectivity index is 1.10. The van der Waals surface area contributed by atoms with Gasteiger partial charge in [0.25, 0.3) is 0 Å². The molecule has 5 amide bonds. The lowest BCUT2D eigenvalue weighted by atomic mass is 9.98. The molecule has 1 aromatic heterocycles. The number of nitrogens with two attached hydrogens (primary N) is 1. The van der Waals surface area contributed by atoms with E-state index in [4.69, 9.17) is 23.8 Å². The standard InChI is InChI=1S/C34H45ClN8O3S/c1-3-24-17-23(18-28(35)31(24)36)19-29(32(44)41-11-5-26(6-12-41)40-10-4-9-39(2)15-16-40)37-33(45)42-13-7-27(8-14-42)43-20-25-21-47-22-30(25)38-34(43)46/h1,17-18,21-22,26-27,29H,4-16,19-20,36H2,2H3,(H,37,45)(H,38,46)/t29-/m1/s1. The van der Waals surface area contributed by atoms with Crippen LogP contribution in [0.2, 0.25) is 5.02 Å². The van der Waals surface area contributed by atoms with Gasteiger partial charge in [-0.25, -0.2) is 9.59 Å². The summed E-state index contributed by atoms with van der Waals surface area (Å²) in [6.45, 7) is 7.18. The summed E-state index contributed by atoms with van der Waals surface area (Å²) in [5, 5.41) is 10.4. The maximum Gasteiger partial charge on any atom is 0.322 e. The van der Waals surface area contributed by atoms with Crippen LogP contribution in [0.3, 0.4) is 0 Å². The van der Waals surface area contributed by atoms with E-state index in [0.717, 1.165) is 62.3 Å². The van der Waals surface area contributed by atoms with Gasteiger partial charge in [0.1, 0.15) is 6.04 Å². The third kappa shape index (κ3) is 7.64. The van der Waals surface area contributed by atoms with Gasteiger partial charge in [-0.2, -0.15) is 0 Å². The average Bonchev–Trinajstić information content (AvgIpc) is 3.42. The van der Waals surface area contributed by atoms with Crippen molar-refractivity contribution in [2.45, 2.75) is 63.2 Å². The molecular weight excluding hydrogens is 636 g/mol. The number of hydrogen-bond acceptors (Lipinski definition) is 7. The zero-order valence-corrected chi connectivity index (χ0v) is 28.6. The molecule has 0 aliphatic carbocycles. The van der Waals surface area contributed by atoms with Gasteiger partial charge in [0.2, 0.25) is 5.91 Å². The second-order valence-electron chi connectivity index (χ2n) is 13.2. The lowest BCUT2D eigenvalue weighted by molar-refractivity contribution is -0.134. The van der Waals surface area contributed by atoms with Crippen molar-refractivity contribution in [2.24, 2.45) is 0 Å². The molecule has 6 rings (SSSR count). The van der Waals surface area contributed by atoms with Crippen LogP contribution in [0.4, 0.5) is 21.0 Å². The minimum absolute atomic E-state index is 0.0366. The lowest BCUT2D eigenvalue weighted by Crippen LogP contribution is -2.57. The van der Waals surface area contributed by atoms with E-state index in [1.165, 1.54) is 0 Å². The number of thiophene rings is 1. The molecular formula is C34H45ClN8O3S. The van der Waals surface area contributed by atoms with Crippen molar-refractivity contribution < 1.29 is 14.4 Å². The van der Waals surface area contributed by atoms with E-state index in [0.29, 0.717) is 67.9 Å². The van der Waals surface area contributed by atoms with Gasteiger partial charge in [0.05, 0.1) is 22.9 Å². The monoisotopic (exact) mass is 680 g/mol. The minimum atomic E-state index is -0.793. The van der Waals surface area contributed by atoms with Gasteiger partial charge in [0.15, 0.2) is 0 Å². The number of likely N-dealkylation sites (tertiary alicyclic amines) is 2. The first kappa shape index (κ1) is 33.4. The highest BCUT2D eigenvalue weighted by Gasteiger charge is 2.36. The van der Waals surface area contributed by atoms with Crippen molar-refractivity contribution in [3.8, 4) is 12.3 Å². The molecule has 4 aliphatic heterocycles. The topological polar surface area (TPSA) is 117 Å². The van der Waals surface area contributed by atoms with Crippen LogP contribution in [0.25, 0.3) is 0 Å². The predicted molar refractivity (Wildman–Crippen MR) is 187 cm³/mol.